The number of piperazine rings is 1. The molecule has 0 radical (unpaired) electrons. The predicted molar refractivity (Wildman–Crippen MR) is 120 cm³/mol. The molecule has 1 saturated heterocycles. The molecule has 1 aromatic heterocycles. The standard InChI is InChI=1S/C23H27FN6O/c1-23(20(25)19-15(24)5-4-6-18(19)29(3)22(23)31)21-26-16-8-7-14(13-17(16)27-21)30-11-9-28(2)10-12-30/h4-8,13,20H,9-12,25H2,1-3H3,(H,26,27). The minimum atomic E-state index is -1.21. The maximum absolute atomic E-state index is 14.7. The van der Waals surface area contributed by atoms with Crippen molar-refractivity contribution in [2.75, 3.05) is 50.1 Å². The van der Waals surface area contributed by atoms with Gasteiger partial charge in [0.15, 0.2) is 0 Å². The van der Waals surface area contributed by atoms with Gasteiger partial charge in [-0.05, 0) is 44.3 Å². The van der Waals surface area contributed by atoms with Crippen LogP contribution in [0.5, 0.6) is 0 Å². The molecule has 2 aliphatic heterocycles. The summed E-state index contributed by atoms with van der Waals surface area (Å²) in [7, 11) is 3.78. The summed E-state index contributed by atoms with van der Waals surface area (Å²) < 4.78 is 14.7. The number of nitrogens with one attached hydrogen (secondary N) is 1. The zero-order valence-electron chi connectivity index (χ0n) is 18.0. The number of aromatic amines is 1. The molecule has 2 aromatic carbocycles. The van der Waals surface area contributed by atoms with E-state index in [1.807, 2.05) is 6.07 Å². The molecule has 2 unspecified atom stereocenters. The maximum Gasteiger partial charge on any atom is 0.242 e. The first kappa shape index (κ1) is 20.0. The fraction of sp³-hybridized carbons (Fsp3) is 0.391. The first-order chi connectivity index (χ1) is 14.8. The lowest BCUT2D eigenvalue weighted by molar-refractivity contribution is -0.125. The number of imidazole rings is 1. The lowest BCUT2D eigenvalue weighted by Crippen LogP contribution is -2.54. The number of rotatable bonds is 2. The van der Waals surface area contributed by atoms with Crippen LogP contribution in [0.4, 0.5) is 15.8 Å². The number of anilines is 2. The summed E-state index contributed by atoms with van der Waals surface area (Å²) >= 11 is 0. The molecule has 31 heavy (non-hydrogen) atoms. The Bertz CT molecular complexity index is 1170. The molecular weight excluding hydrogens is 395 g/mol. The fourth-order valence-electron chi connectivity index (χ4n) is 4.76. The topological polar surface area (TPSA) is 81.5 Å². The summed E-state index contributed by atoms with van der Waals surface area (Å²) in [5, 5.41) is 0. The molecule has 1 fully saturated rings. The Labute approximate surface area is 180 Å². The van der Waals surface area contributed by atoms with Crippen LogP contribution in [-0.4, -0.2) is 61.0 Å². The van der Waals surface area contributed by atoms with Gasteiger partial charge in [-0.1, -0.05) is 6.07 Å². The average molecular weight is 423 g/mol. The van der Waals surface area contributed by atoms with Gasteiger partial charge in [0, 0.05) is 44.5 Å². The Kier molecular flexibility index (Phi) is 4.53. The molecule has 2 atom stereocenters. The maximum atomic E-state index is 14.7. The zero-order valence-corrected chi connectivity index (χ0v) is 18.0. The van der Waals surface area contributed by atoms with Gasteiger partial charge in [-0.15, -0.1) is 0 Å². The van der Waals surface area contributed by atoms with Gasteiger partial charge in [0.25, 0.3) is 0 Å². The monoisotopic (exact) mass is 422 g/mol. The smallest absolute Gasteiger partial charge is 0.242 e. The number of H-pyrrole nitrogens is 1. The van der Waals surface area contributed by atoms with E-state index in [-0.39, 0.29) is 5.91 Å². The molecular formula is C23H27FN6O. The third-order valence-electron chi connectivity index (χ3n) is 6.90. The van der Waals surface area contributed by atoms with Crippen LogP contribution in [0.25, 0.3) is 11.0 Å². The van der Waals surface area contributed by atoms with Crippen LogP contribution in [-0.2, 0) is 10.2 Å². The summed E-state index contributed by atoms with van der Waals surface area (Å²) in [5.41, 5.74) is 8.88. The van der Waals surface area contributed by atoms with Crippen LogP contribution < -0.4 is 15.5 Å². The van der Waals surface area contributed by atoms with Crippen molar-refractivity contribution in [3.05, 3.63) is 53.6 Å². The minimum Gasteiger partial charge on any atom is -0.369 e. The second kappa shape index (κ2) is 7.03. The number of fused-ring (bicyclic) bond motifs is 2. The fourth-order valence-corrected chi connectivity index (χ4v) is 4.76. The van der Waals surface area contributed by atoms with Crippen molar-refractivity contribution in [3.8, 4) is 0 Å². The van der Waals surface area contributed by atoms with E-state index in [1.54, 1.807) is 26.1 Å². The second-order valence-electron chi connectivity index (χ2n) is 8.79. The van der Waals surface area contributed by atoms with Crippen LogP contribution in [0.3, 0.4) is 0 Å². The van der Waals surface area contributed by atoms with Crippen molar-refractivity contribution >= 4 is 28.3 Å². The Hall–Kier alpha value is -2.97. The lowest BCUT2D eigenvalue weighted by atomic mass is 9.73. The molecule has 0 saturated carbocycles. The number of halogens is 1. The van der Waals surface area contributed by atoms with E-state index in [2.05, 4.69) is 34.0 Å². The third kappa shape index (κ3) is 2.93. The number of amides is 1. The van der Waals surface area contributed by atoms with Crippen molar-refractivity contribution in [2.24, 2.45) is 5.73 Å². The van der Waals surface area contributed by atoms with E-state index in [9.17, 15) is 9.18 Å². The Morgan fingerprint density at radius 1 is 1.16 bits per heavy atom. The van der Waals surface area contributed by atoms with Crippen molar-refractivity contribution < 1.29 is 9.18 Å². The number of carbonyl (C=O) groups is 1. The van der Waals surface area contributed by atoms with Gasteiger partial charge in [-0.25, -0.2) is 9.37 Å². The second-order valence-corrected chi connectivity index (χ2v) is 8.79. The van der Waals surface area contributed by atoms with Gasteiger partial charge < -0.3 is 25.4 Å². The summed E-state index contributed by atoms with van der Waals surface area (Å²) in [6.07, 6.45) is 0. The number of hydrogen-bond donors (Lipinski definition) is 2. The third-order valence-corrected chi connectivity index (χ3v) is 6.90. The highest BCUT2D eigenvalue weighted by Crippen LogP contribution is 2.45. The Morgan fingerprint density at radius 3 is 2.65 bits per heavy atom. The van der Waals surface area contributed by atoms with E-state index >= 15 is 0 Å². The van der Waals surface area contributed by atoms with E-state index in [0.29, 0.717) is 17.1 Å². The highest BCUT2D eigenvalue weighted by molar-refractivity contribution is 6.04. The Balaban J connectivity index is 1.57. The van der Waals surface area contributed by atoms with Crippen molar-refractivity contribution in [1.82, 2.24) is 14.9 Å². The number of benzene rings is 2. The Morgan fingerprint density at radius 2 is 1.90 bits per heavy atom. The van der Waals surface area contributed by atoms with Crippen LogP contribution in [0, 0.1) is 5.82 Å². The van der Waals surface area contributed by atoms with E-state index in [4.69, 9.17) is 10.7 Å². The molecule has 162 valence electrons. The largest absolute Gasteiger partial charge is 0.369 e. The highest BCUT2D eigenvalue weighted by atomic mass is 19.1. The van der Waals surface area contributed by atoms with Gasteiger partial charge in [0.1, 0.15) is 17.1 Å². The predicted octanol–water partition coefficient (Wildman–Crippen LogP) is 2.39. The van der Waals surface area contributed by atoms with E-state index in [0.717, 1.165) is 42.9 Å². The minimum absolute atomic E-state index is 0.212. The molecule has 3 N–H and O–H groups in total. The molecule has 0 spiro atoms. The van der Waals surface area contributed by atoms with Crippen LogP contribution in [0.15, 0.2) is 36.4 Å². The molecule has 0 bridgehead atoms. The molecule has 3 aromatic rings. The summed E-state index contributed by atoms with van der Waals surface area (Å²) in [6, 6.07) is 9.92. The van der Waals surface area contributed by atoms with Gasteiger partial charge in [0.05, 0.1) is 22.8 Å². The number of likely N-dealkylation sites (N-methyl/N-ethyl adjacent to an activating group) is 2. The summed E-state index contributed by atoms with van der Waals surface area (Å²) in [4.78, 5) is 27.6. The molecule has 0 aliphatic carbocycles. The molecule has 8 heteroatoms. The first-order valence-electron chi connectivity index (χ1n) is 10.6. The summed E-state index contributed by atoms with van der Waals surface area (Å²) in [6.45, 7) is 5.71. The quantitative estimate of drug-likeness (QED) is 0.663. The number of aromatic nitrogens is 2. The van der Waals surface area contributed by atoms with Crippen molar-refractivity contribution in [2.45, 2.75) is 18.4 Å². The molecule has 1 amide bonds. The normalized spacial score (nSPS) is 24.7. The van der Waals surface area contributed by atoms with Gasteiger partial charge in [0.2, 0.25) is 5.91 Å². The molecule has 3 heterocycles. The summed E-state index contributed by atoms with van der Waals surface area (Å²) in [5.74, 6) is -0.170. The molecule has 5 rings (SSSR count). The number of nitrogens with zero attached hydrogens (tertiary/aromatic N) is 4. The van der Waals surface area contributed by atoms with Gasteiger partial charge in [-0.2, -0.15) is 0 Å². The average Bonchev–Trinajstić information content (AvgIpc) is 3.20. The van der Waals surface area contributed by atoms with E-state index < -0.39 is 17.3 Å². The number of carbonyl (C=O) groups excluding carboxylic acids is 1. The number of nitrogens with two attached hydrogens (primary N) is 1. The van der Waals surface area contributed by atoms with Gasteiger partial charge in [-0.3, -0.25) is 4.79 Å². The SMILES string of the molecule is CN1CCN(c2ccc3nc(C4(C)C(=O)N(C)c5cccc(F)c5C4N)[nH]c3c2)CC1. The molecule has 7 nitrogen and oxygen atoms in total. The van der Waals surface area contributed by atoms with Crippen molar-refractivity contribution in [1.29, 1.82) is 0 Å². The van der Waals surface area contributed by atoms with Gasteiger partial charge >= 0.3 is 0 Å². The molecule has 2 aliphatic rings. The van der Waals surface area contributed by atoms with E-state index in [1.165, 1.54) is 11.0 Å². The van der Waals surface area contributed by atoms with Crippen LogP contribution in [0.2, 0.25) is 0 Å². The highest BCUT2D eigenvalue weighted by Gasteiger charge is 2.51. The number of hydrogen-bond acceptors (Lipinski definition) is 5. The van der Waals surface area contributed by atoms with Crippen molar-refractivity contribution in [3.63, 3.8) is 0 Å². The zero-order chi connectivity index (χ0) is 21.9. The van der Waals surface area contributed by atoms with Crippen LogP contribution >= 0.6 is 0 Å². The lowest BCUT2D eigenvalue weighted by Gasteiger charge is -2.42. The first-order valence-corrected chi connectivity index (χ1v) is 10.6. The van der Waals surface area contributed by atoms with Crippen LogP contribution in [0.1, 0.15) is 24.4 Å².